The zero-order valence-corrected chi connectivity index (χ0v) is 14.5. The maximum Gasteiger partial charge on any atom is 0.261 e. The quantitative estimate of drug-likeness (QED) is 0.741. The van der Waals surface area contributed by atoms with Crippen molar-refractivity contribution in [2.45, 2.75) is 11.8 Å². The number of anilines is 2. The fraction of sp³-hybridized carbons (Fsp3) is 0.0769. The van der Waals surface area contributed by atoms with E-state index in [1.54, 1.807) is 18.2 Å². The Hall–Kier alpha value is -1.05. The van der Waals surface area contributed by atoms with E-state index in [1.807, 2.05) is 13.0 Å². The van der Waals surface area contributed by atoms with Crippen LogP contribution >= 0.6 is 31.9 Å². The molecule has 0 fully saturated rings. The summed E-state index contributed by atoms with van der Waals surface area (Å²) >= 11 is 6.60. The summed E-state index contributed by atoms with van der Waals surface area (Å²) in [5.74, 6) is 0. The number of sulfonamides is 1. The fourth-order valence-electron chi connectivity index (χ4n) is 1.60. The van der Waals surface area contributed by atoms with Gasteiger partial charge < -0.3 is 5.73 Å². The third-order valence-corrected chi connectivity index (χ3v) is 5.82. The SMILES string of the molecule is Cc1cccc(NS(=O)(=O)c2ccc(N)c(Br)c2)c1Br. The second-order valence-corrected chi connectivity index (χ2v) is 7.56. The summed E-state index contributed by atoms with van der Waals surface area (Å²) < 4.78 is 28.5. The van der Waals surface area contributed by atoms with Gasteiger partial charge in [0, 0.05) is 14.6 Å². The lowest BCUT2D eigenvalue weighted by molar-refractivity contribution is 0.601. The van der Waals surface area contributed by atoms with E-state index in [-0.39, 0.29) is 4.90 Å². The van der Waals surface area contributed by atoms with Crippen LogP contribution in [0.15, 0.2) is 50.2 Å². The van der Waals surface area contributed by atoms with E-state index in [9.17, 15) is 8.42 Å². The first-order valence-electron chi connectivity index (χ1n) is 5.64. The summed E-state index contributed by atoms with van der Waals surface area (Å²) in [6.07, 6.45) is 0. The highest BCUT2D eigenvalue weighted by atomic mass is 79.9. The monoisotopic (exact) mass is 418 g/mol. The molecule has 2 aromatic carbocycles. The molecule has 0 saturated carbocycles. The van der Waals surface area contributed by atoms with E-state index >= 15 is 0 Å². The number of hydrogen-bond donors (Lipinski definition) is 2. The van der Waals surface area contributed by atoms with Gasteiger partial charge in [0.15, 0.2) is 0 Å². The molecule has 2 rings (SSSR count). The van der Waals surface area contributed by atoms with Gasteiger partial charge >= 0.3 is 0 Å². The van der Waals surface area contributed by atoms with Crippen molar-refractivity contribution < 1.29 is 8.42 Å². The first-order chi connectivity index (χ1) is 9.31. The Kier molecular flexibility index (Phi) is 4.41. The molecule has 4 nitrogen and oxygen atoms in total. The Morgan fingerprint density at radius 3 is 2.50 bits per heavy atom. The lowest BCUT2D eigenvalue weighted by Gasteiger charge is -2.11. The van der Waals surface area contributed by atoms with Crippen molar-refractivity contribution >= 4 is 53.3 Å². The predicted molar refractivity (Wildman–Crippen MR) is 88.2 cm³/mol. The van der Waals surface area contributed by atoms with Gasteiger partial charge in [-0.3, -0.25) is 4.72 Å². The van der Waals surface area contributed by atoms with E-state index in [1.165, 1.54) is 12.1 Å². The van der Waals surface area contributed by atoms with Crippen molar-refractivity contribution in [2.75, 3.05) is 10.5 Å². The number of nitrogen functional groups attached to an aromatic ring is 1. The molecular weight excluding hydrogens is 408 g/mol. The van der Waals surface area contributed by atoms with E-state index in [4.69, 9.17) is 5.73 Å². The van der Waals surface area contributed by atoms with Crippen LogP contribution in [0.4, 0.5) is 11.4 Å². The smallest absolute Gasteiger partial charge is 0.261 e. The molecule has 20 heavy (non-hydrogen) atoms. The molecule has 0 aliphatic carbocycles. The summed E-state index contributed by atoms with van der Waals surface area (Å²) in [4.78, 5) is 0.145. The molecule has 0 atom stereocenters. The standard InChI is InChI=1S/C13H12Br2N2O2S/c1-8-3-2-4-12(13(8)15)17-20(18,19)9-5-6-11(16)10(14)7-9/h2-7,17H,16H2,1H3. The molecule has 7 heteroatoms. The summed E-state index contributed by atoms with van der Waals surface area (Å²) in [5, 5.41) is 0. The lowest BCUT2D eigenvalue weighted by Crippen LogP contribution is -2.13. The molecule has 0 aliphatic rings. The molecule has 0 aromatic heterocycles. The normalized spacial score (nSPS) is 11.3. The van der Waals surface area contributed by atoms with Crippen LogP contribution in [0.3, 0.4) is 0 Å². The Bertz CT molecular complexity index is 761. The molecule has 0 spiro atoms. The van der Waals surface area contributed by atoms with Crippen molar-refractivity contribution in [3.8, 4) is 0 Å². The molecule has 106 valence electrons. The summed E-state index contributed by atoms with van der Waals surface area (Å²) in [5.41, 5.74) is 7.59. The molecule has 0 bridgehead atoms. The Morgan fingerprint density at radius 1 is 1.15 bits per heavy atom. The second kappa shape index (κ2) is 5.75. The minimum Gasteiger partial charge on any atom is -0.398 e. The summed E-state index contributed by atoms with van der Waals surface area (Å²) in [7, 11) is -3.66. The van der Waals surface area contributed by atoms with Crippen LogP contribution in [0.1, 0.15) is 5.56 Å². The largest absolute Gasteiger partial charge is 0.398 e. The highest BCUT2D eigenvalue weighted by molar-refractivity contribution is 9.11. The van der Waals surface area contributed by atoms with E-state index in [0.29, 0.717) is 15.8 Å². The molecule has 0 unspecified atom stereocenters. The van der Waals surface area contributed by atoms with Crippen LogP contribution in [0.25, 0.3) is 0 Å². The van der Waals surface area contributed by atoms with Gasteiger partial charge in [0.05, 0.1) is 10.6 Å². The molecule has 0 radical (unpaired) electrons. The average Bonchev–Trinajstić information content (AvgIpc) is 2.38. The minimum absolute atomic E-state index is 0.145. The number of aryl methyl sites for hydroxylation is 1. The minimum atomic E-state index is -3.66. The molecule has 0 amide bonds. The maximum atomic E-state index is 12.3. The van der Waals surface area contributed by atoms with Crippen molar-refractivity contribution in [1.29, 1.82) is 0 Å². The number of nitrogens with two attached hydrogens (primary N) is 1. The van der Waals surface area contributed by atoms with Gasteiger partial charge in [-0.05, 0) is 68.6 Å². The van der Waals surface area contributed by atoms with E-state index in [0.717, 1.165) is 10.0 Å². The molecule has 0 heterocycles. The summed E-state index contributed by atoms with van der Waals surface area (Å²) in [6, 6.07) is 9.86. The summed E-state index contributed by atoms with van der Waals surface area (Å²) in [6.45, 7) is 1.89. The van der Waals surface area contributed by atoms with Gasteiger partial charge in [-0.15, -0.1) is 0 Å². The number of nitrogens with one attached hydrogen (secondary N) is 1. The topological polar surface area (TPSA) is 72.2 Å². The first kappa shape index (κ1) is 15.3. The van der Waals surface area contributed by atoms with Crippen molar-refractivity contribution in [2.24, 2.45) is 0 Å². The van der Waals surface area contributed by atoms with Gasteiger partial charge in [-0.2, -0.15) is 0 Å². The molecule has 0 aliphatic heterocycles. The molecule has 2 aromatic rings. The third-order valence-electron chi connectivity index (χ3n) is 2.72. The van der Waals surface area contributed by atoms with Gasteiger partial charge in [0.2, 0.25) is 0 Å². The van der Waals surface area contributed by atoms with Gasteiger partial charge in [0.1, 0.15) is 0 Å². The van der Waals surface area contributed by atoms with Gasteiger partial charge in [-0.1, -0.05) is 12.1 Å². The number of rotatable bonds is 3. The number of halogens is 2. The number of hydrogen-bond acceptors (Lipinski definition) is 3. The lowest BCUT2D eigenvalue weighted by atomic mass is 10.2. The maximum absolute atomic E-state index is 12.3. The Labute approximate surface area is 134 Å². The zero-order valence-electron chi connectivity index (χ0n) is 10.5. The van der Waals surface area contributed by atoms with Crippen LogP contribution in [-0.4, -0.2) is 8.42 Å². The molecular formula is C13H12Br2N2O2S. The first-order valence-corrected chi connectivity index (χ1v) is 8.71. The van der Waals surface area contributed by atoms with Crippen LogP contribution in [0, 0.1) is 6.92 Å². The van der Waals surface area contributed by atoms with Crippen LogP contribution in [0.2, 0.25) is 0 Å². The average molecular weight is 420 g/mol. The Balaban J connectivity index is 2.41. The second-order valence-electron chi connectivity index (χ2n) is 4.23. The van der Waals surface area contributed by atoms with E-state index < -0.39 is 10.0 Å². The van der Waals surface area contributed by atoms with Gasteiger partial charge in [0.25, 0.3) is 10.0 Å². The van der Waals surface area contributed by atoms with Crippen molar-refractivity contribution in [1.82, 2.24) is 0 Å². The highest BCUT2D eigenvalue weighted by Crippen LogP contribution is 2.29. The van der Waals surface area contributed by atoms with Crippen molar-refractivity contribution in [3.63, 3.8) is 0 Å². The number of benzene rings is 2. The Morgan fingerprint density at radius 2 is 1.85 bits per heavy atom. The van der Waals surface area contributed by atoms with Crippen LogP contribution < -0.4 is 10.5 Å². The van der Waals surface area contributed by atoms with Gasteiger partial charge in [-0.25, -0.2) is 8.42 Å². The van der Waals surface area contributed by atoms with Crippen LogP contribution in [-0.2, 0) is 10.0 Å². The molecule has 0 saturated heterocycles. The zero-order chi connectivity index (χ0) is 14.9. The third kappa shape index (κ3) is 3.16. The fourth-order valence-corrected chi connectivity index (χ4v) is 3.73. The van der Waals surface area contributed by atoms with Crippen LogP contribution in [0.5, 0.6) is 0 Å². The highest BCUT2D eigenvalue weighted by Gasteiger charge is 2.17. The predicted octanol–water partition coefficient (Wildman–Crippen LogP) is 3.90. The van der Waals surface area contributed by atoms with Crippen molar-refractivity contribution in [3.05, 3.63) is 50.9 Å². The molecule has 3 N–H and O–H groups in total. The van der Waals surface area contributed by atoms with E-state index in [2.05, 4.69) is 36.6 Å².